The summed E-state index contributed by atoms with van der Waals surface area (Å²) in [5, 5.41) is 0. The fraction of sp³-hybridized carbons (Fsp3) is 0.943. The molecule has 0 aromatic heterocycles. The molecule has 0 spiro atoms. The molecule has 0 amide bonds. The molecule has 1 nitrogen and oxygen atoms in total. The van der Waals surface area contributed by atoms with Crippen LogP contribution in [0.2, 0.25) is 0 Å². The largest absolute Gasteiger partial charge is 0.498 e. The molecule has 0 heterocycles. The van der Waals surface area contributed by atoms with Crippen LogP contribution in [-0.4, -0.2) is 6.61 Å². The maximum Gasteiger partial charge on any atom is 0.0918 e. The molecule has 0 N–H and O–H groups in total. The van der Waals surface area contributed by atoms with Gasteiger partial charge in [-0.05, 0) is 38.0 Å². The van der Waals surface area contributed by atoms with Crippen molar-refractivity contribution in [3.05, 3.63) is 12.3 Å². The Kier molecular flexibility index (Phi) is 24.4. The minimum atomic E-state index is 0.636. The van der Waals surface area contributed by atoms with Crippen molar-refractivity contribution in [3.8, 4) is 0 Å². The van der Waals surface area contributed by atoms with Gasteiger partial charge in [0, 0.05) is 5.92 Å². The minimum absolute atomic E-state index is 0.636. The molecule has 0 bridgehead atoms. The van der Waals surface area contributed by atoms with E-state index >= 15 is 0 Å². The zero-order valence-electron chi connectivity index (χ0n) is 25.3. The maximum atomic E-state index is 6.04. The van der Waals surface area contributed by atoms with Gasteiger partial charge in [0.15, 0.2) is 0 Å². The van der Waals surface area contributed by atoms with Gasteiger partial charge in [-0.3, -0.25) is 0 Å². The van der Waals surface area contributed by atoms with Gasteiger partial charge in [0.05, 0.1) is 12.4 Å². The molecular weight excluding hydrogens is 436 g/mol. The van der Waals surface area contributed by atoms with Crippen LogP contribution in [-0.2, 0) is 4.74 Å². The summed E-state index contributed by atoms with van der Waals surface area (Å²) in [7, 11) is 0. The fourth-order valence-corrected chi connectivity index (χ4v) is 6.13. The smallest absolute Gasteiger partial charge is 0.0918 e. The Hall–Kier alpha value is -0.460. The predicted octanol–water partition coefficient (Wildman–Crippen LogP) is 12.7. The monoisotopic (exact) mass is 505 g/mol. The Bertz CT molecular complexity index is 448. The molecule has 1 rings (SSSR count). The van der Waals surface area contributed by atoms with Crippen molar-refractivity contribution in [1.29, 1.82) is 0 Å². The van der Waals surface area contributed by atoms with Crippen LogP contribution in [0.5, 0.6) is 0 Å². The predicted molar refractivity (Wildman–Crippen MR) is 163 cm³/mol. The van der Waals surface area contributed by atoms with E-state index in [-0.39, 0.29) is 0 Å². The van der Waals surface area contributed by atoms with Gasteiger partial charge in [-0.15, -0.1) is 0 Å². The van der Waals surface area contributed by atoms with Crippen molar-refractivity contribution in [2.24, 2.45) is 11.8 Å². The molecular formula is C35H68O. The summed E-state index contributed by atoms with van der Waals surface area (Å²) < 4.78 is 6.04. The first-order valence-corrected chi connectivity index (χ1v) is 17.1. The zero-order chi connectivity index (χ0) is 25.9. The van der Waals surface area contributed by atoms with Crippen LogP contribution in [0.15, 0.2) is 12.3 Å². The van der Waals surface area contributed by atoms with Crippen LogP contribution >= 0.6 is 0 Å². The van der Waals surface area contributed by atoms with Gasteiger partial charge >= 0.3 is 0 Å². The Morgan fingerprint density at radius 1 is 0.500 bits per heavy atom. The molecule has 1 aliphatic carbocycles. The van der Waals surface area contributed by atoms with Crippen molar-refractivity contribution in [1.82, 2.24) is 0 Å². The van der Waals surface area contributed by atoms with Gasteiger partial charge in [-0.2, -0.15) is 0 Å². The normalized spacial score (nSPS) is 17.9. The minimum Gasteiger partial charge on any atom is -0.498 e. The molecule has 0 aliphatic heterocycles. The first-order valence-electron chi connectivity index (χ1n) is 17.1. The van der Waals surface area contributed by atoms with Gasteiger partial charge in [0.2, 0.25) is 0 Å². The van der Waals surface area contributed by atoms with E-state index in [1.807, 2.05) is 0 Å². The van der Waals surface area contributed by atoms with Crippen LogP contribution in [0, 0.1) is 11.8 Å². The van der Waals surface area contributed by atoms with E-state index in [0.717, 1.165) is 18.3 Å². The first kappa shape index (κ1) is 33.6. The van der Waals surface area contributed by atoms with E-state index in [0.29, 0.717) is 5.92 Å². The number of rotatable bonds is 27. The van der Waals surface area contributed by atoms with Crippen LogP contribution in [0.1, 0.15) is 194 Å². The number of ether oxygens (including phenoxy) is 1. The van der Waals surface area contributed by atoms with Gasteiger partial charge in [0.1, 0.15) is 0 Å². The Morgan fingerprint density at radius 2 is 0.861 bits per heavy atom. The molecule has 214 valence electrons. The molecule has 0 unspecified atom stereocenters. The third kappa shape index (κ3) is 20.6. The molecule has 0 aromatic rings. The lowest BCUT2D eigenvalue weighted by molar-refractivity contribution is 0.145. The van der Waals surface area contributed by atoms with E-state index in [2.05, 4.69) is 20.4 Å². The quantitative estimate of drug-likeness (QED) is 0.0798. The summed E-state index contributed by atoms with van der Waals surface area (Å²) in [5.41, 5.74) is 0. The van der Waals surface area contributed by atoms with E-state index in [9.17, 15) is 0 Å². The average Bonchev–Trinajstić information content (AvgIpc) is 2.90. The third-order valence-electron chi connectivity index (χ3n) is 8.80. The number of hydrogen-bond donors (Lipinski definition) is 0. The summed E-state index contributed by atoms with van der Waals surface area (Å²) in [6, 6.07) is 0. The van der Waals surface area contributed by atoms with E-state index < -0.39 is 0 Å². The number of allylic oxidation sites excluding steroid dienone is 1. The molecule has 0 saturated heterocycles. The van der Waals surface area contributed by atoms with Crippen LogP contribution in [0.25, 0.3) is 0 Å². The summed E-state index contributed by atoms with van der Waals surface area (Å²) in [4.78, 5) is 0. The Labute approximate surface area is 229 Å². The van der Waals surface area contributed by atoms with Gasteiger partial charge in [-0.1, -0.05) is 168 Å². The topological polar surface area (TPSA) is 9.23 Å². The standard InChI is InChI=1S/C35H68O/c1-4-6-8-10-12-13-14-15-16-17-18-19-20-21-23-25-27-34-28-30-35(31-29-34)33(3)36-32-26-24-22-11-9-7-5-2/h34-35H,3-32H2,1-2H3. The molecule has 1 saturated carbocycles. The molecule has 36 heavy (non-hydrogen) atoms. The van der Waals surface area contributed by atoms with E-state index in [1.165, 1.54) is 180 Å². The lowest BCUT2D eigenvalue weighted by atomic mass is 9.79. The van der Waals surface area contributed by atoms with E-state index in [1.54, 1.807) is 0 Å². The van der Waals surface area contributed by atoms with Crippen LogP contribution in [0.4, 0.5) is 0 Å². The lowest BCUT2D eigenvalue weighted by Crippen LogP contribution is -2.17. The van der Waals surface area contributed by atoms with Gasteiger partial charge < -0.3 is 4.74 Å². The highest BCUT2D eigenvalue weighted by Gasteiger charge is 2.23. The highest BCUT2D eigenvalue weighted by atomic mass is 16.5. The first-order chi connectivity index (χ1) is 17.8. The number of unbranched alkanes of at least 4 members (excludes halogenated alkanes) is 21. The second kappa shape index (κ2) is 26.2. The highest BCUT2D eigenvalue weighted by molar-refractivity contribution is 4.94. The summed E-state index contributed by atoms with van der Waals surface area (Å²) in [5.74, 6) is 2.71. The van der Waals surface area contributed by atoms with Crippen LogP contribution in [0.3, 0.4) is 0 Å². The van der Waals surface area contributed by atoms with E-state index in [4.69, 9.17) is 4.74 Å². The summed E-state index contributed by atoms with van der Waals surface area (Å²) in [6.07, 6.45) is 39.8. The fourth-order valence-electron chi connectivity index (χ4n) is 6.13. The lowest BCUT2D eigenvalue weighted by Gasteiger charge is -2.29. The van der Waals surface area contributed by atoms with Crippen molar-refractivity contribution in [3.63, 3.8) is 0 Å². The third-order valence-corrected chi connectivity index (χ3v) is 8.80. The molecule has 1 aliphatic rings. The summed E-state index contributed by atoms with van der Waals surface area (Å²) in [6.45, 7) is 9.77. The van der Waals surface area contributed by atoms with Gasteiger partial charge in [0.25, 0.3) is 0 Å². The molecule has 1 heteroatoms. The van der Waals surface area contributed by atoms with Gasteiger partial charge in [-0.25, -0.2) is 0 Å². The van der Waals surface area contributed by atoms with Crippen molar-refractivity contribution < 1.29 is 4.74 Å². The van der Waals surface area contributed by atoms with Crippen molar-refractivity contribution in [2.75, 3.05) is 6.61 Å². The summed E-state index contributed by atoms with van der Waals surface area (Å²) >= 11 is 0. The molecule has 0 radical (unpaired) electrons. The molecule has 0 atom stereocenters. The Balaban J connectivity index is 1.82. The maximum absolute atomic E-state index is 6.04. The second-order valence-corrected chi connectivity index (χ2v) is 12.2. The van der Waals surface area contributed by atoms with Crippen LogP contribution < -0.4 is 0 Å². The van der Waals surface area contributed by atoms with Crippen molar-refractivity contribution in [2.45, 2.75) is 194 Å². The highest BCUT2D eigenvalue weighted by Crippen LogP contribution is 2.35. The van der Waals surface area contributed by atoms with Crippen molar-refractivity contribution >= 4 is 0 Å². The molecule has 0 aromatic carbocycles. The average molecular weight is 505 g/mol. The zero-order valence-corrected chi connectivity index (χ0v) is 25.3. The second-order valence-electron chi connectivity index (χ2n) is 12.2. The Morgan fingerprint density at radius 3 is 1.28 bits per heavy atom. The number of hydrogen-bond acceptors (Lipinski definition) is 1. The SMILES string of the molecule is C=C(OCCCCCCCCC)C1CCC(CCCCCCCCCCCCCCCCCC)CC1. The molecule has 1 fully saturated rings.